The molecule has 0 amide bonds. The van der Waals surface area contributed by atoms with Gasteiger partial charge in [0.15, 0.2) is 0 Å². The van der Waals surface area contributed by atoms with E-state index in [1.54, 1.807) is 0 Å². The van der Waals surface area contributed by atoms with Crippen molar-refractivity contribution < 1.29 is 85.4 Å². The van der Waals surface area contributed by atoms with Crippen molar-refractivity contribution in [3.05, 3.63) is 0 Å². The Bertz CT molecular complexity index is 302. The standard InChI is InChI=1S/3C10H24N.3HI/c3*1-5-9-10-11(6-2,7-3)8-4;;;/h3*5-10H2,1-4H3;3*1H/q3*+1;;;/p-3. The van der Waals surface area contributed by atoms with E-state index >= 15 is 0 Å². The number of halogens is 3. The van der Waals surface area contributed by atoms with Crippen LogP contribution in [-0.4, -0.2) is 92.0 Å². The van der Waals surface area contributed by atoms with Crippen LogP contribution in [0.2, 0.25) is 0 Å². The van der Waals surface area contributed by atoms with Crippen LogP contribution >= 0.6 is 0 Å². The summed E-state index contributed by atoms with van der Waals surface area (Å²) in [6.07, 6.45) is 8.15. The first-order valence-corrected chi connectivity index (χ1v) is 15.3. The second kappa shape index (κ2) is 33.3. The van der Waals surface area contributed by atoms with Crippen LogP contribution in [0.25, 0.3) is 0 Å². The molecule has 0 aromatic carbocycles. The van der Waals surface area contributed by atoms with Gasteiger partial charge in [-0.25, -0.2) is 0 Å². The van der Waals surface area contributed by atoms with E-state index in [2.05, 4.69) is 83.1 Å². The van der Waals surface area contributed by atoms with Crippen LogP contribution in [-0.2, 0) is 0 Å². The van der Waals surface area contributed by atoms with Gasteiger partial charge in [0, 0.05) is 0 Å². The van der Waals surface area contributed by atoms with Crippen molar-refractivity contribution in [3.63, 3.8) is 0 Å². The highest BCUT2D eigenvalue weighted by atomic mass is 127. The minimum Gasteiger partial charge on any atom is -1.00 e. The molecule has 0 aliphatic heterocycles. The van der Waals surface area contributed by atoms with E-state index in [4.69, 9.17) is 0 Å². The molecule has 6 heteroatoms. The fourth-order valence-corrected chi connectivity index (χ4v) is 4.92. The molecule has 0 spiro atoms. The summed E-state index contributed by atoms with van der Waals surface area (Å²) in [7, 11) is 0. The van der Waals surface area contributed by atoms with E-state index in [9.17, 15) is 0 Å². The van der Waals surface area contributed by atoms with Gasteiger partial charge in [-0.2, -0.15) is 0 Å². The van der Waals surface area contributed by atoms with Gasteiger partial charge in [-0.15, -0.1) is 0 Å². The molecule has 0 bridgehead atoms. The third-order valence-electron chi connectivity index (χ3n) is 9.00. The quantitative estimate of drug-likeness (QED) is 0.123. The van der Waals surface area contributed by atoms with Crippen molar-refractivity contribution in [2.45, 2.75) is 122 Å². The maximum atomic E-state index is 2.31. The summed E-state index contributed by atoms with van der Waals surface area (Å²) in [5.74, 6) is 0. The SMILES string of the molecule is CCCC[N+](CC)(CC)CC.CCCC[N+](CC)(CC)CC.CCCC[N+](CC)(CC)CC.[I-].[I-].[I-]. The molecule has 0 aromatic heterocycles. The first-order chi connectivity index (χ1) is 15.7. The van der Waals surface area contributed by atoms with Crippen LogP contribution in [0.4, 0.5) is 0 Å². The van der Waals surface area contributed by atoms with Crippen molar-refractivity contribution in [2.75, 3.05) is 78.5 Å². The maximum absolute atomic E-state index is 2.31. The number of hydrogen-bond donors (Lipinski definition) is 0. The van der Waals surface area contributed by atoms with Gasteiger partial charge in [0.1, 0.15) is 0 Å². The van der Waals surface area contributed by atoms with Crippen molar-refractivity contribution in [3.8, 4) is 0 Å². The Balaban J connectivity index is -0.0000000900. The van der Waals surface area contributed by atoms with E-state index < -0.39 is 0 Å². The molecule has 0 saturated heterocycles. The molecular weight excluding hydrogens is 783 g/mol. The average molecular weight is 856 g/mol. The molecule has 0 fully saturated rings. The van der Waals surface area contributed by atoms with Crippen LogP contribution in [0.15, 0.2) is 0 Å². The fraction of sp³-hybridized carbons (Fsp3) is 1.00. The molecule has 36 heavy (non-hydrogen) atoms. The third-order valence-corrected chi connectivity index (χ3v) is 9.00. The Morgan fingerprint density at radius 3 is 0.500 bits per heavy atom. The number of unbranched alkanes of at least 4 members (excludes halogenated alkanes) is 3. The van der Waals surface area contributed by atoms with E-state index in [-0.39, 0.29) is 71.9 Å². The summed E-state index contributed by atoms with van der Waals surface area (Å²) < 4.78 is 3.94. The number of quaternary nitrogens is 3. The monoisotopic (exact) mass is 855 g/mol. The van der Waals surface area contributed by atoms with Crippen molar-refractivity contribution in [1.29, 1.82) is 0 Å². The van der Waals surface area contributed by atoms with Gasteiger partial charge in [-0.05, 0) is 81.6 Å². The van der Waals surface area contributed by atoms with Gasteiger partial charge < -0.3 is 85.4 Å². The number of hydrogen-bond acceptors (Lipinski definition) is 0. The molecule has 0 N–H and O–H groups in total. The van der Waals surface area contributed by atoms with Crippen LogP contribution in [0.5, 0.6) is 0 Å². The summed E-state index contributed by atoms with van der Waals surface area (Å²) in [4.78, 5) is 0. The molecule has 228 valence electrons. The molecule has 0 radical (unpaired) electrons. The Morgan fingerprint density at radius 1 is 0.278 bits per heavy atom. The number of nitrogens with zero attached hydrogens (tertiary/aromatic N) is 3. The Kier molecular flexibility index (Phi) is 47.0. The maximum Gasteiger partial charge on any atom is 0.0786 e. The zero-order valence-electron chi connectivity index (χ0n) is 27.2. The zero-order chi connectivity index (χ0) is 26.2. The average Bonchev–Trinajstić information content (AvgIpc) is 2.88. The zero-order valence-corrected chi connectivity index (χ0v) is 33.7. The highest BCUT2D eigenvalue weighted by Crippen LogP contribution is 2.09. The highest BCUT2D eigenvalue weighted by molar-refractivity contribution is 4.40. The first-order valence-electron chi connectivity index (χ1n) is 15.3. The lowest BCUT2D eigenvalue weighted by atomic mass is 10.2. The lowest BCUT2D eigenvalue weighted by Crippen LogP contribution is -3.00. The Morgan fingerprint density at radius 2 is 0.417 bits per heavy atom. The second-order valence-electron chi connectivity index (χ2n) is 10.1. The molecule has 3 nitrogen and oxygen atoms in total. The largest absolute Gasteiger partial charge is 1.00 e. The van der Waals surface area contributed by atoms with Gasteiger partial charge in [-0.3, -0.25) is 0 Å². The van der Waals surface area contributed by atoms with E-state index in [0.717, 1.165) is 0 Å². The normalized spacial score (nSPS) is 11.0. The van der Waals surface area contributed by atoms with Gasteiger partial charge in [-0.1, -0.05) is 40.0 Å². The molecule has 0 unspecified atom stereocenters. The predicted molar refractivity (Wildman–Crippen MR) is 155 cm³/mol. The van der Waals surface area contributed by atoms with E-state index in [1.165, 1.54) is 131 Å². The summed E-state index contributed by atoms with van der Waals surface area (Å²) in [6.45, 7) is 43.4. The molecule has 0 aromatic rings. The molecule has 0 rings (SSSR count). The lowest BCUT2D eigenvalue weighted by Gasteiger charge is -2.35. The van der Waals surface area contributed by atoms with E-state index in [0.29, 0.717) is 0 Å². The molecule has 0 aliphatic carbocycles. The van der Waals surface area contributed by atoms with Crippen LogP contribution in [0, 0.1) is 0 Å². The molecule has 0 aliphatic rings. The Labute approximate surface area is 283 Å². The van der Waals surface area contributed by atoms with Crippen LogP contribution in [0.3, 0.4) is 0 Å². The summed E-state index contributed by atoms with van der Waals surface area (Å²) in [5, 5.41) is 0. The molecule has 0 saturated carbocycles. The smallest absolute Gasteiger partial charge is 0.0786 e. The molecule has 0 heterocycles. The van der Waals surface area contributed by atoms with Crippen molar-refractivity contribution in [2.24, 2.45) is 0 Å². The number of rotatable bonds is 18. The van der Waals surface area contributed by atoms with E-state index in [1.807, 2.05) is 0 Å². The topological polar surface area (TPSA) is 0 Å². The van der Waals surface area contributed by atoms with Crippen molar-refractivity contribution >= 4 is 0 Å². The minimum atomic E-state index is 0. The fourth-order valence-electron chi connectivity index (χ4n) is 4.92. The summed E-state index contributed by atoms with van der Waals surface area (Å²) >= 11 is 0. The summed E-state index contributed by atoms with van der Waals surface area (Å²) in [5.41, 5.74) is 0. The van der Waals surface area contributed by atoms with Gasteiger partial charge in [0.25, 0.3) is 0 Å². The Hall–Kier alpha value is 2.07. The van der Waals surface area contributed by atoms with Gasteiger partial charge in [0.2, 0.25) is 0 Å². The molecule has 0 atom stereocenters. The highest BCUT2D eigenvalue weighted by Gasteiger charge is 2.20. The second-order valence-corrected chi connectivity index (χ2v) is 10.1. The molecular formula is C30H72I3N3. The van der Waals surface area contributed by atoms with Crippen LogP contribution < -0.4 is 71.9 Å². The predicted octanol–water partition coefficient (Wildman–Crippen LogP) is -0.999. The van der Waals surface area contributed by atoms with Crippen LogP contribution in [0.1, 0.15) is 122 Å². The summed E-state index contributed by atoms with van der Waals surface area (Å²) in [6, 6.07) is 0. The van der Waals surface area contributed by atoms with Crippen molar-refractivity contribution in [1.82, 2.24) is 0 Å². The third kappa shape index (κ3) is 22.8. The lowest BCUT2D eigenvalue weighted by molar-refractivity contribution is -0.923. The van der Waals surface area contributed by atoms with Gasteiger partial charge in [0.05, 0.1) is 78.5 Å². The minimum absolute atomic E-state index is 0. The first kappa shape index (κ1) is 50.9. The van der Waals surface area contributed by atoms with Gasteiger partial charge >= 0.3 is 0 Å².